The van der Waals surface area contributed by atoms with Gasteiger partial charge < -0.3 is 0 Å². The van der Waals surface area contributed by atoms with Crippen LogP contribution in [0.3, 0.4) is 0 Å². The summed E-state index contributed by atoms with van der Waals surface area (Å²) in [4.78, 5) is 13.7. The Morgan fingerprint density at radius 3 is 2.67 bits per heavy atom. The first-order valence-electron chi connectivity index (χ1n) is 6.73. The maximum Gasteiger partial charge on any atom is 0.278 e. The van der Waals surface area contributed by atoms with Crippen LogP contribution in [-0.4, -0.2) is 15.7 Å². The van der Waals surface area contributed by atoms with Crippen LogP contribution in [0.4, 0.5) is 0 Å². The lowest BCUT2D eigenvalue weighted by Crippen LogP contribution is -2.12. The molecule has 0 amide bonds. The van der Waals surface area contributed by atoms with Crippen molar-refractivity contribution in [1.29, 1.82) is 0 Å². The van der Waals surface area contributed by atoms with Crippen LogP contribution in [0.15, 0.2) is 65.7 Å². The van der Waals surface area contributed by atoms with Crippen molar-refractivity contribution in [2.24, 2.45) is 0 Å². The average Bonchev–Trinajstić information content (AvgIpc) is 2.99. The van der Waals surface area contributed by atoms with Gasteiger partial charge in [0.05, 0.1) is 5.69 Å². The highest BCUT2D eigenvalue weighted by molar-refractivity contribution is 7.98. The van der Waals surface area contributed by atoms with Gasteiger partial charge in [-0.25, -0.2) is 4.68 Å². The highest BCUT2D eigenvalue weighted by Gasteiger charge is 2.21. The van der Waals surface area contributed by atoms with Gasteiger partial charge in [-0.3, -0.25) is 4.79 Å². The molecule has 3 nitrogen and oxygen atoms in total. The van der Waals surface area contributed by atoms with Crippen molar-refractivity contribution in [3.05, 3.63) is 71.9 Å². The van der Waals surface area contributed by atoms with E-state index < -0.39 is 0 Å². The lowest BCUT2D eigenvalue weighted by Gasteiger charge is -2.13. The quantitative estimate of drug-likeness (QED) is 0.683. The summed E-state index contributed by atoms with van der Waals surface area (Å²) in [5, 5.41) is 4.52. The summed E-state index contributed by atoms with van der Waals surface area (Å²) in [6.45, 7) is 0. The Bertz CT molecular complexity index is 824. The molecular weight excluding hydrogens is 280 g/mol. The van der Waals surface area contributed by atoms with Gasteiger partial charge in [-0.2, -0.15) is 5.10 Å². The zero-order valence-electron chi connectivity index (χ0n) is 11.2. The van der Waals surface area contributed by atoms with Crippen molar-refractivity contribution in [3.63, 3.8) is 0 Å². The fourth-order valence-electron chi connectivity index (χ4n) is 2.50. The van der Waals surface area contributed by atoms with Crippen molar-refractivity contribution < 1.29 is 4.79 Å². The second-order valence-electron chi connectivity index (χ2n) is 4.90. The molecule has 3 aromatic rings. The van der Waals surface area contributed by atoms with Crippen LogP contribution in [0.25, 0.3) is 11.3 Å². The molecule has 102 valence electrons. The molecule has 0 bridgehead atoms. The number of nitrogens with zero attached hydrogens (tertiary/aromatic N) is 2. The van der Waals surface area contributed by atoms with E-state index in [9.17, 15) is 4.79 Å². The van der Waals surface area contributed by atoms with E-state index in [1.54, 1.807) is 11.8 Å². The smallest absolute Gasteiger partial charge is 0.267 e. The third-order valence-corrected chi connectivity index (χ3v) is 4.67. The summed E-state index contributed by atoms with van der Waals surface area (Å²) < 4.78 is 1.46. The Kier molecular flexibility index (Phi) is 2.89. The van der Waals surface area contributed by atoms with Crippen LogP contribution in [0.5, 0.6) is 0 Å². The number of hydrogen-bond donors (Lipinski definition) is 0. The van der Waals surface area contributed by atoms with Crippen LogP contribution >= 0.6 is 11.8 Å². The third-order valence-electron chi connectivity index (χ3n) is 3.54. The Hall–Kier alpha value is -2.33. The largest absolute Gasteiger partial charge is 0.278 e. The molecule has 21 heavy (non-hydrogen) atoms. The van der Waals surface area contributed by atoms with E-state index in [0.717, 1.165) is 22.6 Å². The summed E-state index contributed by atoms with van der Waals surface area (Å²) >= 11 is 1.79. The maximum atomic E-state index is 12.5. The number of benzene rings is 2. The van der Waals surface area contributed by atoms with Crippen LogP contribution in [0.1, 0.15) is 15.9 Å². The minimum Gasteiger partial charge on any atom is -0.267 e. The van der Waals surface area contributed by atoms with E-state index in [1.165, 1.54) is 9.58 Å². The number of aromatic nitrogens is 2. The zero-order valence-corrected chi connectivity index (χ0v) is 12.0. The first kappa shape index (κ1) is 12.4. The minimum atomic E-state index is -0.0903. The summed E-state index contributed by atoms with van der Waals surface area (Å²) in [6, 6.07) is 17.4. The molecule has 0 aliphatic carbocycles. The lowest BCUT2D eigenvalue weighted by molar-refractivity contribution is 0.0945. The summed E-state index contributed by atoms with van der Waals surface area (Å²) in [7, 11) is 0. The molecule has 0 radical (unpaired) electrons. The molecule has 1 aromatic heterocycles. The normalized spacial score (nSPS) is 12.6. The van der Waals surface area contributed by atoms with Gasteiger partial charge in [0.1, 0.15) is 0 Å². The van der Waals surface area contributed by atoms with Crippen LogP contribution < -0.4 is 0 Å². The number of rotatable bonds is 1. The molecule has 0 saturated heterocycles. The number of carbonyl (C=O) groups excluding carboxylic acids is 1. The van der Waals surface area contributed by atoms with Crippen molar-refractivity contribution in [2.75, 3.05) is 0 Å². The van der Waals surface area contributed by atoms with Gasteiger partial charge in [-0.05, 0) is 18.2 Å². The van der Waals surface area contributed by atoms with Crippen molar-refractivity contribution in [3.8, 4) is 11.3 Å². The van der Waals surface area contributed by atoms with Crippen molar-refractivity contribution in [2.45, 2.75) is 10.6 Å². The third kappa shape index (κ3) is 2.08. The van der Waals surface area contributed by atoms with Gasteiger partial charge in [0.25, 0.3) is 5.91 Å². The molecule has 2 aromatic carbocycles. The molecule has 0 saturated carbocycles. The minimum absolute atomic E-state index is 0.0903. The van der Waals surface area contributed by atoms with Crippen LogP contribution in [0, 0.1) is 0 Å². The van der Waals surface area contributed by atoms with E-state index in [1.807, 2.05) is 48.7 Å². The van der Waals surface area contributed by atoms with Gasteiger partial charge in [0, 0.05) is 33.5 Å². The number of fused-ring (bicyclic) bond motifs is 3. The molecule has 1 aliphatic rings. The molecule has 0 spiro atoms. The zero-order chi connectivity index (χ0) is 14.2. The second kappa shape index (κ2) is 4.90. The van der Waals surface area contributed by atoms with Gasteiger partial charge in [-0.1, -0.05) is 36.4 Å². The summed E-state index contributed by atoms with van der Waals surface area (Å²) in [5.41, 5.74) is 3.80. The average molecular weight is 292 g/mol. The Labute approximate surface area is 126 Å². The molecule has 0 atom stereocenters. The molecular formula is C17H12N2OS. The molecule has 4 heteroatoms. The van der Waals surface area contributed by atoms with Crippen molar-refractivity contribution >= 4 is 17.7 Å². The van der Waals surface area contributed by atoms with E-state index in [-0.39, 0.29) is 5.91 Å². The van der Waals surface area contributed by atoms with Crippen molar-refractivity contribution in [1.82, 2.24) is 9.78 Å². The first-order chi connectivity index (χ1) is 10.3. The fourth-order valence-corrected chi connectivity index (χ4v) is 3.52. The second-order valence-corrected chi connectivity index (χ2v) is 5.92. The predicted molar refractivity (Wildman–Crippen MR) is 83.4 cm³/mol. The lowest BCUT2D eigenvalue weighted by atomic mass is 10.1. The molecule has 0 fully saturated rings. The monoisotopic (exact) mass is 292 g/mol. The van der Waals surface area contributed by atoms with Gasteiger partial charge in [0.15, 0.2) is 0 Å². The predicted octanol–water partition coefficient (Wildman–Crippen LogP) is 3.84. The van der Waals surface area contributed by atoms with E-state index in [2.05, 4.69) is 17.2 Å². The van der Waals surface area contributed by atoms with Crippen LogP contribution in [0.2, 0.25) is 0 Å². The highest BCUT2D eigenvalue weighted by atomic mass is 32.2. The Balaban J connectivity index is 1.79. The van der Waals surface area contributed by atoms with Gasteiger partial charge in [-0.15, -0.1) is 11.8 Å². The summed E-state index contributed by atoms with van der Waals surface area (Å²) in [5.74, 6) is 0.765. The van der Waals surface area contributed by atoms with Crippen LogP contribution in [-0.2, 0) is 5.75 Å². The van der Waals surface area contributed by atoms with E-state index in [4.69, 9.17) is 0 Å². The standard InChI is InChI=1S/C17H12N2OS/c20-17(12-6-2-1-3-7-12)19-10-13-11-21-15-9-5-4-8-14(15)16(13)18-19/h1-10H,11H2. The number of hydrogen-bond acceptors (Lipinski definition) is 3. The SMILES string of the molecule is O=C(c1ccccc1)n1cc2c(n1)-c1ccccc1SC2. The maximum absolute atomic E-state index is 12.5. The van der Waals surface area contributed by atoms with E-state index >= 15 is 0 Å². The summed E-state index contributed by atoms with van der Waals surface area (Å²) in [6.07, 6.45) is 1.85. The van der Waals surface area contributed by atoms with E-state index in [0.29, 0.717) is 5.56 Å². The number of carbonyl (C=O) groups is 1. The highest BCUT2D eigenvalue weighted by Crippen LogP contribution is 2.40. The molecule has 2 heterocycles. The first-order valence-corrected chi connectivity index (χ1v) is 7.72. The molecule has 1 aliphatic heterocycles. The van der Waals surface area contributed by atoms with Gasteiger partial charge >= 0.3 is 0 Å². The molecule has 4 rings (SSSR count). The Morgan fingerprint density at radius 1 is 1.05 bits per heavy atom. The molecule has 0 unspecified atom stereocenters. The fraction of sp³-hybridized carbons (Fsp3) is 0.0588. The molecule has 0 N–H and O–H groups in total. The topological polar surface area (TPSA) is 34.9 Å². The Morgan fingerprint density at radius 2 is 1.81 bits per heavy atom. The van der Waals surface area contributed by atoms with Gasteiger partial charge in [0.2, 0.25) is 0 Å². The number of thioether (sulfide) groups is 1.